The molecule has 0 aromatic carbocycles. The van der Waals surface area contributed by atoms with Crippen LogP contribution in [0.25, 0.3) is 0 Å². The Hall–Kier alpha value is -0.910. The molecule has 0 heterocycles. The van der Waals surface area contributed by atoms with Crippen molar-refractivity contribution in [2.24, 2.45) is 5.92 Å². The zero-order valence-electron chi connectivity index (χ0n) is 13.3. The van der Waals surface area contributed by atoms with Gasteiger partial charge in [-0.3, -0.25) is 4.79 Å². The molecule has 1 unspecified atom stereocenters. The zero-order chi connectivity index (χ0) is 15.9. The molecule has 124 valence electrons. The lowest BCUT2D eigenvalue weighted by molar-refractivity contribution is -0.137. The molecule has 0 spiro atoms. The van der Waals surface area contributed by atoms with Crippen LogP contribution >= 0.6 is 11.8 Å². The average Bonchev–Trinajstić information content (AvgIpc) is 2.46. The van der Waals surface area contributed by atoms with Crippen molar-refractivity contribution in [1.29, 1.82) is 0 Å². The van der Waals surface area contributed by atoms with Gasteiger partial charge in [0.1, 0.15) is 0 Å². The molecule has 6 heteroatoms. The monoisotopic (exact) mass is 318 g/mol. The van der Waals surface area contributed by atoms with Crippen LogP contribution in [0.1, 0.15) is 51.9 Å². The first-order chi connectivity index (χ1) is 10.1. The summed E-state index contributed by atoms with van der Waals surface area (Å²) in [6.45, 7) is 3.38. The first-order valence-electron chi connectivity index (χ1n) is 7.82. The highest BCUT2D eigenvalue weighted by molar-refractivity contribution is 7.98. The molecule has 0 aromatic heterocycles. The van der Waals surface area contributed by atoms with E-state index in [0.29, 0.717) is 18.9 Å². The van der Waals surface area contributed by atoms with Crippen LogP contribution in [-0.4, -0.2) is 42.2 Å². The third-order valence-corrected chi connectivity index (χ3v) is 4.19. The van der Waals surface area contributed by atoms with Crippen LogP contribution in [-0.2, 0) is 4.79 Å². The van der Waals surface area contributed by atoms with E-state index in [0.717, 1.165) is 32.2 Å². The molecular weight excluding hydrogens is 288 g/mol. The van der Waals surface area contributed by atoms with Crippen molar-refractivity contribution in [2.75, 3.05) is 25.1 Å². The fourth-order valence-corrected chi connectivity index (χ4v) is 2.58. The van der Waals surface area contributed by atoms with Gasteiger partial charge >= 0.3 is 12.0 Å². The van der Waals surface area contributed by atoms with E-state index in [1.165, 1.54) is 12.2 Å². The van der Waals surface area contributed by atoms with Crippen molar-refractivity contribution in [1.82, 2.24) is 10.6 Å². The Kier molecular flexibility index (Phi) is 13.4. The number of carbonyl (C=O) groups is 2. The number of carboxylic acid groups (broad SMARTS) is 1. The lowest BCUT2D eigenvalue weighted by Gasteiger charge is -2.14. The number of hydrogen-bond donors (Lipinski definition) is 3. The third-order valence-electron chi connectivity index (χ3n) is 3.49. The molecule has 0 radical (unpaired) electrons. The minimum Gasteiger partial charge on any atom is -0.481 e. The number of urea groups is 1. The summed E-state index contributed by atoms with van der Waals surface area (Å²) in [6.07, 6.45) is 8.15. The zero-order valence-corrected chi connectivity index (χ0v) is 14.1. The van der Waals surface area contributed by atoms with Crippen molar-refractivity contribution < 1.29 is 14.7 Å². The molecular formula is C15H30N2O3S. The summed E-state index contributed by atoms with van der Waals surface area (Å²) in [7, 11) is 0. The van der Waals surface area contributed by atoms with Crippen molar-refractivity contribution >= 4 is 23.8 Å². The van der Waals surface area contributed by atoms with E-state index in [-0.39, 0.29) is 12.5 Å². The number of carboxylic acids is 1. The maximum atomic E-state index is 11.5. The summed E-state index contributed by atoms with van der Waals surface area (Å²) in [4.78, 5) is 22.1. The Bertz CT molecular complexity index is 288. The van der Waals surface area contributed by atoms with Gasteiger partial charge in [-0.25, -0.2) is 4.79 Å². The van der Waals surface area contributed by atoms with E-state index in [2.05, 4.69) is 23.8 Å². The van der Waals surface area contributed by atoms with E-state index in [1.54, 1.807) is 0 Å². The lowest BCUT2D eigenvalue weighted by Crippen LogP contribution is -2.37. The number of amides is 2. The molecule has 0 bridgehead atoms. The molecule has 0 aliphatic heterocycles. The first-order valence-corrected chi connectivity index (χ1v) is 9.22. The Balaban J connectivity index is 3.52. The van der Waals surface area contributed by atoms with Gasteiger partial charge in [-0.1, -0.05) is 19.8 Å². The molecule has 3 N–H and O–H groups in total. The van der Waals surface area contributed by atoms with Gasteiger partial charge in [0.25, 0.3) is 0 Å². The molecule has 0 fully saturated rings. The van der Waals surface area contributed by atoms with Crippen molar-refractivity contribution in [3.05, 3.63) is 0 Å². The smallest absolute Gasteiger partial charge is 0.314 e. The molecule has 2 amide bonds. The SMILES string of the molecule is CCC(CCNC(=O)NCCCCCSC)CCC(=O)O. The van der Waals surface area contributed by atoms with Crippen LogP contribution in [0.5, 0.6) is 0 Å². The molecule has 0 rings (SSSR count). The van der Waals surface area contributed by atoms with Gasteiger partial charge in [-0.2, -0.15) is 11.8 Å². The highest BCUT2D eigenvalue weighted by Crippen LogP contribution is 2.14. The summed E-state index contributed by atoms with van der Waals surface area (Å²) < 4.78 is 0. The van der Waals surface area contributed by atoms with Crippen LogP contribution in [0.2, 0.25) is 0 Å². The molecule has 1 atom stereocenters. The molecule has 5 nitrogen and oxygen atoms in total. The molecule has 0 aliphatic rings. The number of carbonyl (C=O) groups excluding carboxylic acids is 1. The summed E-state index contributed by atoms with van der Waals surface area (Å²) in [5.74, 6) is 0.801. The van der Waals surface area contributed by atoms with E-state index in [4.69, 9.17) is 5.11 Å². The molecule has 0 saturated heterocycles. The van der Waals surface area contributed by atoms with Gasteiger partial charge in [0, 0.05) is 19.5 Å². The Morgan fingerprint density at radius 2 is 1.81 bits per heavy atom. The maximum absolute atomic E-state index is 11.5. The molecule has 0 aromatic rings. The minimum atomic E-state index is -0.749. The minimum absolute atomic E-state index is 0.118. The summed E-state index contributed by atoms with van der Waals surface area (Å²) in [6, 6.07) is -0.118. The van der Waals surface area contributed by atoms with E-state index < -0.39 is 5.97 Å². The number of unbranched alkanes of at least 4 members (excludes halogenated alkanes) is 2. The predicted molar refractivity (Wildman–Crippen MR) is 88.9 cm³/mol. The Morgan fingerprint density at radius 1 is 1.10 bits per heavy atom. The number of rotatable bonds is 13. The first kappa shape index (κ1) is 20.1. The highest BCUT2D eigenvalue weighted by atomic mass is 32.2. The third kappa shape index (κ3) is 13.8. The predicted octanol–water partition coefficient (Wildman–Crippen LogP) is 3.10. The standard InChI is InChI=1S/C15H30N2O3S/c1-3-13(7-8-14(18)19)9-11-17-15(20)16-10-5-4-6-12-21-2/h13H,3-12H2,1-2H3,(H,18,19)(H2,16,17,20). The number of nitrogens with one attached hydrogen (secondary N) is 2. The lowest BCUT2D eigenvalue weighted by atomic mass is 9.97. The van der Waals surface area contributed by atoms with Crippen LogP contribution in [0.3, 0.4) is 0 Å². The van der Waals surface area contributed by atoms with Gasteiger partial charge in [0.05, 0.1) is 0 Å². The highest BCUT2D eigenvalue weighted by Gasteiger charge is 2.09. The Labute approximate surface area is 132 Å². The van der Waals surface area contributed by atoms with Crippen molar-refractivity contribution in [2.45, 2.75) is 51.9 Å². The van der Waals surface area contributed by atoms with Gasteiger partial charge in [0.15, 0.2) is 0 Å². The van der Waals surface area contributed by atoms with Crippen molar-refractivity contribution in [3.8, 4) is 0 Å². The topological polar surface area (TPSA) is 78.4 Å². The fourth-order valence-electron chi connectivity index (χ4n) is 2.08. The number of aliphatic carboxylic acids is 1. The summed E-state index contributed by atoms with van der Waals surface area (Å²) >= 11 is 1.85. The van der Waals surface area contributed by atoms with Crippen LogP contribution in [0.4, 0.5) is 4.79 Å². The maximum Gasteiger partial charge on any atom is 0.314 e. The van der Waals surface area contributed by atoms with Crippen LogP contribution in [0.15, 0.2) is 0 Å². The number of hydrogen-bond acceptors (Lipinski definition) is 3. The Morgan fingerprint density at radius 3 is 2.43 bits per heavy atom. The van der Waals surface area contributed by atoms with Crippen LogP contribution < -0.4 is 10.6 Å². The quantitative estimate of drug-likeness (QED) is 0.456. The molecule has 21 heavy (non-hydrogen) atoms. The average molecular weight is 318 g/mol. The van der Waals surface area contributed by atoms with Gasteiger partial charge in [0.2, 0.25) is 0 Å². The van der Waals surface area contributed by atoms with E-state index in [1.807, 2.05) is 11.8 Å². The van der Waals surface area contributed by atoms with Crippen LogP contribution in [0, 0.1) is 5.92 Å². The fraction of sp³-hybridized carbons (Fsp3) is 0.867. The summed E-state index contributed by atoms with van der Waals surface area (Å²) in [5.41, 5.74) is 0. The summed E-state index contributed by atoms with van der Waals surface area (Å²) in [5, 5.41) is 14.4. The van der Waals surface area contributed by atoms with E-state index >= 15 is 0 Å². The van der Waals surface area contributed by atoms with Gasteiger partial charge in [-0.15, -0.1) is 0 Å². The second kappa shape index (κ2) is 14.0. The van der Waals surface area contributed by atoms with Gasteiger partial charge in [-0.05, 0) is 43.6 Å². The number of thioether (sulfide) groups is 1. The van der Waals surface area contributed by atoms with E-state index in [9.17, 15) is 9.59 Å². The second-order valence-electron chi connectivity index (χ2n) is 5.23. The molecule has 0 aliphatic carbocycles. The normalized spacial score (nSPS) is 11.9. The van der Waals surface area contributed by atoms with Crippen molar-refractivity contribution in [3.63, 3.8) is 0 Å². The molecule has 0 saturated carbocycles. The van der Waals surface area contributed by atoms with Gasteiger partial charge < -0.3 is 15.7 Å². The second-order valence-corrected chi connectivity index (χ2v) is 6.22. The largest absolute Gasteiger partial charge is 0.481 e.